The van der Waals surface area contributed by atoms with Crippen molar-refractivity contribution in [2.45, 2.75) is 35.7 Å². The van der Waals surface area contributed by atoms with Crippen LogP contribution in [0.1, 0.15) is 22.5 Å². The van der Waals surface area contributed by atoms with Crippen molar-refractivity contribution in [3.05, 3.63) is 95.3 Å². The van der Waals surface area contributed by atoms with Gasteiger partial charge >= 0.3 is 0 Å². The highest BCUT2D eigenvalue weighted by atomic mass is 32.2. The minimum absolute atomic E-state index is 0. The predicted octanol–water partition coefficient (Wildman–Crippen LogP) is 5.46. The molecule has 6 rings (SSSR count). The standard InChI is InChI=1S/2C14H14N4S.H2O/c2*1-9-5-6-11-12(7-9)18-14(17-11)19-8-10-3-2-4-13(15)16-10;/h2*2-7H,8H2,1H3,(H2,15,16)(H,17,18);1H2. The van der Waals surface area contributed by atoms with E-state index in [4.69, 9.17) is 11.5 Å². The molecule has 0 aliphatic heterocycles. The number of nitrogens with zero attached hydrogens (tertiary/aromatic N) is 4. The van der Waals surface area contributed by atoms with Crippen molar-refractivity contribution in [3.8, 4) is 0 Å². The summed E-state index contributed by atoms with van der Waals surface area (Å²) >= 11 is 3.26. The zero-order valence-corrected chi connectivity index (χ0v) is 23.2. The molecule has 0 spiro atoms. The predicted molar refractivity (Wildman–Crippen MR) is 162 cm³/mol. The lowest BCUT2D eigenvalue weighted by Gasteiger charge is -1.99. The molecule has 0 unspecified atom stereocenters. The van der Waals surface area contributed by atoms with E-state index < -0.39 is 0 Å². The zero-order valence-electron chi connectivity index (χ0n) is 21.6. The first-order valence-corrected chi connectivity index (χ1v) is 14.0. The van der Waals surface area contributed by atoms with Crippen LogP contribution < -0.4 is 11.5 Å². The molecule has 4 heterocycles. The molecular formula is C28H30N8OS2. The van der Waals surface area contributed by atoms with Crippen LogP contribution in [-0.4, -0.2) is 35.4 Å². The Morgan fingerprint density at radius 1 is 0.615 bits per heavy atom. The number of aromatic amines is 2. The van der Waals surface area contributed by atoms with Crippen LogP contribution in [0.2, 0.25) is 0 Å². The van der Waals surface area contributed by atoms with E-state index in [1.807, 2.05) is 36.4 Å². The van der Waals surface area contributed by atoms with Crippen molar-refractivity contribution in [1.29, 1.82) is 0 Å². The molecule has 11 heteroatoms. The van der Waals surface area contributed by atoms with E-state index in [1.54, 1.807) is 35.7 Å². The zero-order chi connectivity index (χ0) is 26.5. The lowest BCUT2D eigenvalue weighted by molar-refractivity contribution is 0.824. The van der Waals surface area contributed by atoms with Gasteiger partial charge in [-0.15, -0.1) is 0 Å². The van der Waals surface area contributed by atoms with Crippen molar-refractivity contribution in [1.82, 2.24) is 29.9 Å². The summed E-state index contributed by atoms with van der Waals surface area (Å²) in [5, 5.41) is 1.81. The first kappa shape index (κ1) is 28.0. The summed E-state index contributed by atoms with van der Waals surface area (Å²) in [6.07, 6.45) is 0. The topological polar surface area (TPSA) is 167 Å². The van der Waals surface area contributed by atoms with E-state index in [1.165, 1.54) is 11.1 Å². The van der Waals surface area contributed by atoms with Crippen LogP contribution in [0.5, 0.6) is 0 Å². The number of imidazole rings is 2. The number of H-pyrrole nitrogens is 2. The summed E-state index contributed by atoms with van der Waals surface area (Å²) in [5.41, 5.74) is 19.8. The van der Waals surface area contributed by atoms with Crippen molar-refractivity contribution >= 4 is 57.2 Å². The fourth-order valence-corrected chi connectivity index (χ4v) is 5.36. The molecule has 9 nitrogen and oxygen atoms in total. The molecule has 200 valence electrons. The van der Waals surface area contributed by atoms with Gasteiger partial charge in [0.2, 0.25) is 0 Å². The third-order valence-corrected chi connectivity index (χ3v) is 7.42. The maximum absolute atomic E-state index is 5.66. The summed E-state index contributed by atoms with van der Waals surface area (Å²) in [7, 11) is 0. The summed E-state index contributed by atoms with van der Waals surface area (Å²) in [6.45, 7) is 4.15. The number of aromatic nitrogens is 6. The van der Waals surface area contributed by atoms with Crippen LogP contribution in [0.15, 0.2) is 83.1 Å². The number of hydrogen-bond donors (Lipinski definition) is 4. The van der Waals surface area contributed by atoms with Gasteiger partial charge in [-0.25, -0.2) is 19.9 Å². The molecule has 2 aromatic carbocycles. The quantitative estimate of drug-likeness (QED) is 0.196. The highest BCUT2D eigenvalue weighted by molar-refractivity contribution is 7.98. The van der Waals surface area contributed by atoms with E-state index in [0.29, 0.717) is 11.6 Å². The molecule has 0 aliphatic rings. The number of anilines is 2. The molecule has 8 N–H and O–H groups in total. The highest BCUT2D eigenvalue weighted by Crippen LogP contribution is 2.24. The van der Waals surface area contributed by atoms with Crippen LogP contribution in [0.25, 0.3) is 22.1 Å². The van der Waals surface area contributed by atoms with Crippen LogP contribution in [0, 0.1) is 13.8 Å². The van der Waals surface area contributed by atoms with Crippen LogP contribution >= 0.6 is 23.5 Å². The fraction of sp³-hybridized carbons (Fsp3) is 0.143. The molecule has 0 saturated heterocycles. The molecule has 39 heavy (non-hydrogen) atoms. The van der Waals surface area contributed by atoms with E-state index >= 15 is 0 Å². The Morgan fingerprint density at radius 2 is 1.05 bits per heavy atom. The van der Waals surface area contributed by atoms with Crippen LogP contribution in [0.3, 0.4) is 0 Å². The van der Waals surface area contributed by atoms with Gasteiger partial charge in [0.25, 0.3) is 0 Å². The lowest BCUT2D eigenvalue weighted by atomic mass is 10.2. The Hall–Kier alpha value is -4.06. The largest absolute Gasteiger partial charge is 0.412 e. The first-order chi connectivity index (χ1) is 18.4. The summed E-state index contributed by atoms with van der Waals surface area (Å²) < 4.78 is 0. The SMILES string of the molecule is Cc1ccc2nc(SCc3cccc(N)n3)[nH]c2c1.Cc1ccc2nc(SCc3cccc(N)n3)[nH]c2c1.O. The summed E-state index contributed by atoms with van der Waals surface area (Å²) in [4.78, 5) is 24.3. The number of nitrogens with two attached hydrogens (primary N) is 2. The second kappa shape index (κ2) is 12.7. The minimum atomic E-state index is 0. The Balaban J connectivity index is 0.000000176. The van der Waals surface area contributed by atoms with Crippen molar-refractivity contribution in [3.63, 3.8) is 0 Å². The maximum Gasteiger partial charge on any atom is 0.166 e. The second-order valence-corrected chi connectivity index (χ2v) is 10.7. The van der Waals surface area contributed by atoms with Crippen molar-refractivity contribution < 1.29 is 5.48 Å². The Kier molecular flexibility index (Phi) is 9.07. The van der Waals surface area contributed by atoms with Gasteiger partial charge < -0.3 is 26.9 Å². The number of pyridine rings is 2. The number of thioether (sulfide) groups is 2. The van der Waals surface area contributed by atoms with E-state index in [9.17, 15) is 0 Å². The molecule has 0 atom stereocenters. The normalized spacial score (nSPS) is 10.7. The molecule has 0 aliphatic carbocycles. The molecular weight excluding hydrogens is 528 g/mol. The van der Waals surface area contributed by atoms with Gasteiger partial charge in [-0.3, -0.25) is 0 Å². The molecule has 6 aromatic rings. The van der Waals surface area contributed by atoms with Gasteiger partial charge in [0, 0.05) is 11.5 Å². The average molecular weight is 559 g/mol. The number of aryl methyl sites for hydroxylation is 2. The van der Waals surface area contributed by atoms with Crippen molar-refractivity contribution in [2.24, 2.45) is 0 Å². The molecule has 0 saturated carbocycles. The molecule has 0 amide bonds. The molecule has 0 radical (unpaired) electrons. The third kappa shape index (κ3) is 7.50. The Bertz CT molecular complexity index is 1570. The summed E-state index contributed by atoms with van der Waals surface area (Å²) in [5.74, 6) is 2.62. The molecule has 0 fully saturated rings. The maximum atomic E-state index is 5.66. The van der Waals surface area contributed by atoms with Crippen LogP contribution in [-0.2, 0) is 11.5 Å². The van der Waals surface area contributed by atoms with Gasteiger partial charge in [-0.1, -0.05) is 47.8 Å². The number of nitrogen functional groups attached to an aromatic ring is 2. The highest BCUT2D eigenvalue weighted by Gasteiger charge is 2.06. The number of nitrogens with one attached hydrogen (secondary N) is 2. The van der Waals surface area contributed by atoms with Gasteiger partial charge in [0.1, 0.15) is 11.6 Å². The van der Waals surface area contributed by atoms with Gasteiger partial charge in [-0.2, -0.15) is 0 Å². The monoisotopic (exact) mass is 558 g/mol. The molecule has 4 aromatic heterocycles. The fourth-order valence-electron chi connectivity index (χ4n) is 3.78. The smallest absolute Gasteiger partial charge is 0.166 e. The summed E-state index contributed by atoms with van der Waals surface area (Å²) in [6, 6.07) is 23.8. The second-order valence-electron chi connectivity index (χ2n) is 8.81. The van der Waals surface area contributed by atoms with Gasteiger partial charge in [-0.05, 0) is 73.5 Å². The number of benzene rings is 2. The minimum Gasteiger partial charge on any atom is -0.412 e. The number of rotatable bonds is 6. The first-order valence-electron chi connectivity index (χ1n) is 12.0. The van der Waals surface area contributed by atoms with Gasteiger partial charge in [0.05, 0.1) is 33.5 Å². The van der Waals surface area contributed by atoms with E-state index in [0.717, 1.165) is 55.3 Å². The van der Waals surface area contributed by atoms with Crippen LogP contribution in [0.4, 0.5) is 11.6 Å². The van der Waals surface area contributed by atoms with Gasteiger partial charge in [0.15, 0.2) is 10.3 Å². The molecule has 0 bridgehead atoms. The average Bonchev–Trinajstić information content (AvgIpc) is 3.49. The third-order valence-electron chi connectivity index (χ3n) is 5.60. The number of fused-ring (bicyclic) bond motifs is 2. The lowest BCUT2D eigenvalue weighted by Crippen LogP contribution is -1.93. The van der Waals surface area contributed by atoms with Crippen molar-refractivity contribution in [2.75, 3.05) is 11.5 Å². The van der Waals surface area contributed by atoms with E-state index in [2.05, 4.69) is 68.0 Å². The number of hydrogen-bond acceptors (Lipinski definition) is 8. The van der Waals surface area contributed by atoms with E-state index in [-0.39, 0.29) is 5.48 Å². The Labute approximate surface area is 234 Å². The Morgan fingerprint density at radius 3 is 1.46 bits per heavy atom.